The SMILES string of the molecule is C[N+]1(CCCOc2ccccc2Br)CCC(C(C(=N)[O-])(c2ccccc2)c2ccccc2)C1. The fourth-order valence-electron chi connectivity index (χ4n) is 5.42. The van der Waals surface area contributed by atoms with Crippen LogP contribution in [0.15, 0.2) is 89.4 Å². The van der Waals surface area contributed by atoms with Gasteiger partial charge in [-0.2, -0.15) is 0 Å². The molecule has 2 unspecified atom stereocenters. The topological polar surface area (TPSA) is 56.1 Å². The smallest absolute Gasteiger partial charge is 0.133 e. The van der Waals surface area contributed by atoms with Crippen LogP contribution in [-0.4, -0.2) is 43.7 Å². The minimum absolute atomic E-state index is 0.0708. The molecule has 3 aromatic carbocycles. The molecule has 0 saturated carbocycles. The Kier molecular flexibility index (Phi) is 7.20. The number of para-hydroxylation sites is 1. The van der Waals surface area contributed by atoms with Crippen LogP contribution < -0.4 is 9.84 Å². The van der Waals surface area contributed by atoms with Gasteiger partial charge in [0.1, 0.15) is 5.75 Å². The third kappa shape index (κ3) is 4.85. The van der Waals surface area contributed by atoms with Crippen LogP contribution in [0.3, 0.4) is 0 Å². The molecule has 0 bridgehead atoms. The number of quaternary nitrogens is 1. The Morgan fingerprint density at radius 2 is 1.58 bits per heavy atom. The fraction of sp³-hybridized carbons (Fsp3) is 0.321. The van der Waals surface area contributed by atoms with Crippen molar-refractivity contribution in [2.24, 2.45) is 5.92 Å². The van der Waals surface area contributed by atoms with Crippen molar-refractivity contribution in [2.45, 2.75) is 18.3 Å². The fourth-order valence-corrected chi connectivity index (χ4v) is 5.82. The van der Waals surface area contributed by atoms with Crippen LogP contribution in [-0.2, 0) is 5.41 Å². The van der Waals surface area contributed by atoms with Crippen molar-refractivity contribution < 1.29 is 14.3 Å². The second kappa shape index (κ2) is 10.1. The minimum atomic E-state index is -0.941. The molecule has 1 heterocycles. The van der Waals surface area contributed by atoms with Crippen LogP contribution >= 0.6 is 15.9 Å². The highest BCUT2D eigenvalue weighted by molar-refractivity contribution is 9.10. The lowest BCUT2D eigenvalue weighted by Gasteiger charge is -2.43. The van der Waals surface area contributed by atoms with Crippen molar-refractivity contribution in [1.29, 1.82) is 5.41 Å². The summed E-state index contributed by atoms with van der Waals surface area (Å²) >= 11 is 3.53. The van der Waals surface area contributed by atoms with Crippen molar-refractivity contribution >= 4 is 21.8 Å². The molecule has 0 spiro atoms. The summed E-state index contributed by atoms with van der Waals surface area (Å²) in [6.45, 7) is 3.49. The van der Waals surface area contributed by atoms with E-state index < -0.39 is 11.3 Å². The highest BCUT2D eigenvalue weighted by Crippen LogP contribution is 2.45. The first-order valence-electron chi connectivity index (χ1n) is 11.5. The monoisotopic (exact) mass is 506 g/mol. The molecular formula is C28H31BrN2O2. The largest absolute Gasteiger partial charge is 0.861 e. The summed E-state index contributed by atoms with van der Waals surface area (Å²) in [5.41, 5.74) is 0.906. The van der Waals surface area contributed by atoms with Gasteiger partial charge in [-0.3, -0.25) is 0 Å². The Labute approximate surface area is 205 Å². The number of likely N-dealkylation sites (tertiary alicyclic amines) is 1. The Hall–Kier alpha value is -2.63. The predicted octanol–water partition coefficient (Wildman–Crippen LogP) is 5.01. The highest BCUT2D eigenvalue weighted by Gasteiger charge is 2.49. The third-order valence-corrected chi connectivity index (χ3v) is 7.70. The zero-order chi connectivity index (χ0) is 23.3. The summed E-state index contributed by atoms with van der Waals surface area (Å²) in [6, 6.07) is 27.8. The molecular weight excluding hydrogens is 476 g/mol. The van der Waals surface area contributed by atoms with Crippen LogP contribution in [0, 0.1) is 11.3 Å². The van der Waals surface area contributed by atoms with E-state index in [1.165, 1.54) is 0 Å². The van der Waals surface area contributed by atoms with E-state index in [0.29, 0.717) is 6.61 Å². The molecule has 1 saturated heterocycles. The number of nitrogens with zero attached hydrogens (tertiary/aromatic N) is 1. The van der Waals surface area contributed by atoms with Crippen molar-refractivity contribution in [3.05, 3.63) is 101 Å². The molecule has 1 aliphatic heterocycles. The molecule has 0 aromatic heterocycles. The lowest BCUT2D eigenvalue weighted by atomic mass is 9.65. The molecule has 0 amide bonds. The van der Waals surface area contributed by atoms with E-state index in [-0.39, 0.29) is 5.92 Å². The first-order valence-corrected chi connectivity index (χ1v) is 12.3. The molecule has 5 heteroatoms. The van der Waals surface area contributed by atoms with Gasteiger partial charge in [0.05, 0.1) is 43.2 Å². The van der Waals surface area contributed by atoms with Gasteiger partial charge in [0.2, 0.25) is 0 Å². The van der Waals surface area contributed by atoms with Crippen molar-refractivity contribution in [2.75, 3.05) is 33.3 Å². The maximum atomic E-state index is 13.1. The van der Waals surface area contributed by atoms with Crippen LogP contribution in [0.2, 0.25) is 0 Å². The summed E-state index contributed by atoms with van der Waals surface area (Å²) < 4.78 is 7.83. The van der Waals surface area contributed by atoms with E-state index in [0.717, 1.165) is 58.3 Å². The molecule has 1 aliphatic rings. The molecule has 3 aromatic rings. The van der Waals surface area contributed by atoms with Crippen molar-refractivity contribution in [3.63, 3.8) is 0 Å². The van der Waals surface area contributed by atoms with E-state index in [1.807, 2.05) is 84.9 Å². The van der Waals surface area contributed by atoms with Gasteiger partial charge in [-0.1, -0.05) is 72.8 Å². The van der Waals surface area contributed by atoms with E-state index in [9.17, 15) is 5.11 Å². The number of rotatable bonds is 9. The van der Waals surface area contributed by atoms with Gasteiger partial charge < -0.3 is 19.7 Å². The first-order chi connectivity index (χ1) is 16.0. The third-order valence-electron chi connectivity index (χ3n) is 7.04. The van der Waals surface area contributed by atoms with Crippen LogP contribution in [0.5, 0.6) is 5.75 Å². The molecule has 4 nitrogen and oxygen atoms in total. The maximum Gasteiger partial charge on any atom is 0.133 e. The predicted molar refractivity (Wildman–Crippen MR) is 135 cm³/mol. The number of halogens is 1. The van der Waals surface area contributed by atoms with E-state index in [2.05, 4.69) is 23.0 Å². The van der Waals surface area contributed by atoms with E-state index >= 15 is 0 Å². The zero-order valence-electron chi connectivity index (χ0n) is 19.0. The molecule has 1 fully saturated rings. The number of hydrogen-bond donors (Lipinski definition) is 1. The Balaban J connectivity index is 1.53. The normalized spacial score (nSPS) is 20.5. The molecule has 0 aliphatic carbocycles. The number of benzene rings is 3. The van der Waals surface area contributed by atoms with Gasteiger partial charge in [0.25, 0.3) is 0 Å². The molecule has 2 atom stereocenters. The van der Waals surface area contributed by atoms with Crippen LogP contribution in [0.25, 0.3) is 0 Å². The summed E-state index contributed by atoms with van der Waals surface area (Å²) in [7, 11) is 2.27. The lowest BCUT2D eigenvalue weighted by Crippen LogP contribution is -2.52. The van der Waals surface area contributed by atoms with Crippen LogP contribution in [0.1, 0.15) is 24.0 Å². The maximum absolute atomic E-state index is 13.1. The Morgan fingerprint density at radius 3 is 2.15 bits per heavy atom. The van der Waals surface area contributed by atoms with Gasteiger partial charge in [-0.25, -0.2) is 0 Å². The number of nitrogens with one attached hydrogen (secondary N) is 1. The molecule has 33 heavy (non-hydrogen) atoms. The Morgan fingerprint density at radius 1 is 1.00 bits per heavy atom. The zero-order valence-corrected chi connectivity index (χ0v) is 20.6. The molecule has 0 radical (unpaired) electrons. The second-order valence-electron chi connectivity index (χ2n) is 9.24. The number of ether oxygens (including phenoxy) is 1. The molecule has 1 N–H and O–H groups in total. The average Bonchev–Trinajstić information content (AvgIpc) is 3.22. The highest BCUT2D eigenvalue weighted by atomic mass is 79.9. The molecule has 172 valence electrons. The van der Waals surface area contributed by atoms with Gasteiger partial charge >= 0.3 is 0 Å². The summed E-state index contributed by atoms with van der Waals surface area (Å²) in [4.78, 5) is 0. The Bertz CT molecular complexity index is 1030. The average molecular weight is 507 g/mol. The summed E-state index contributed by atoms with van der Waals surface area (Å²) in [5.74, 6) is 0.420. The lowest BCUT2D eigenvalue weighted by molar-refractivity contribution is -0.899. The molecule has 4 rings (SSSR count). The van der Waals surface area contributed by atoms with E-state index in [1.54, 1.807) is 0 Å². The van der Waals surface area contributed by atoms with Crippen LogP contribution in [0.4, 0.5) is 0 Å². The summed E-state index contributed by atoms with van der Waals surface area (Å²) in [6.07, 6.45) is 1.85. The van der Waals surface area contributed by atoms with Gasteiger partial charge in [0, 0.05) is 18.8 Å². The quantitative estimate of drug-likeness (QED) is 0.192. The van der Waals surface area contributed by atoms with Gasteiger partial charge in [-0.05, 0) is 45.1 Å². The standard InChI is InChI=1S/C28H31BrN2O2/c1-31(18-10-20-33-26-16-9-8-15-25(26)29)19-17-24(21-31)28(27(30)32,22-11-4-2-5-12-22)23-13-6-3-7-14-23/h2-9,11-16,24H,10,17-21H2,1H3,(H-,30,32). The van der Waals surface area contributed by atoms with Gasteiger partial charge in [-0.15, -0.1) is 0 Å². The van der Waals surface area contributed by atoms with E-state index in [4.69, 9.17) is 10.1 Å². The van der Waals surface area contributed by atoms with Crippen molar-refractivity contribution in [1.82, 2.24) is 0 Å². The van der Waals surface area contributed by atoms with Crippen molar-refractivity contribution in [3.8, 4) is 5.75 Å². The summed E-state index contributed by atoms with van der Waals surface area (Å²) in [5, 5.41) is 21.6. The van der Waals surface area contributed by atoms with Gasteiger partial charge in [0.15, 0.2) is 0 Å². The minimum Gasteiger partial charge on any atom is -0.861 e. The second-order valence-corrected chi connectivity index (χ2v) is 10.1. The first kappa shape index (κ1) is 23.5. The number of hydrogen-bond acceptors (Lipinski definition) is 3.